The zero-order chi connectivity index (χ0) is 21.5. The van der Waals surface area contributed by atoms with Crippen molar-refractivity contribution in [2.45, 2.75) is 96.2 Å². The summed E-state index contributed by atoms with van der Waals surface area (Å²) in [5, 5.41) is 6.45. The van der Waals surface area contributed by atoms with E-state index < -0.39 is 5.60 Å². The van der Waals surface area contributed by atoms with Crippen molar-refractivity contribution in [3.8, 4) is 0 Å². The first-order chi connectivity index (χ1) is 14.1. The number of nitrogens with zero attached hydrogens (tertiary/aromatic N) is 1. The number of nitrogens with one attached hydrogen (secondary N) is 2. The van der Waals surface area contributed by atoms with Crippen molar-refractivity contribution in [3.63, 3.8) is 0 Å². The molecule has 1 heterocycles. The molecule has 4 aliphatic carbocycles. The Kier molecular flexibility index (Phi) is 6.08. The number of ether oxygens (including phenoxy) is 1. The maximum Gasteiger partial charge on any atom is 0.407 e. The Hall–Kier alpha value is -1.30. The quantitative estimate of drug-likeness (QED) is 0.713. The molecule has 2 N–H and O–H groups in total. The van der Waals surface area contributed by atoms with Crippen LogP contribution in [0.5, 0.6) is 0 Å². The highest BCUT2D eigenvalue weighted by molar-refractivity contribution is 5.82. The molecule has 6 nitrogen and oxygen atoms in total. The second kappa shape index (κ2) is 8.33. The van der Waals surface area contributed by atoms with E-state index in [1.54, 1.807) is 0 Å². The van der Waals surface area contributed by atoms with Crippen molar-refractivity contribution in [1.29, 1.82) is 0 Å². The number of carbonyl (C=O) groups is 2. The van der Waals surface area contributed by atoms with Crippen LogP contribution in [-0.4, -0.2) is 53.7 Å². The summed E-state index contributed by atoms with van der Waals surface area (Å²) in [7, 11) is 0. The van der Waals surface area contributed by atoms with Crippen LogP contribution in [-0.2, 0) is 9.53 Å². The molecule has 0 aromatic carbocycles. The van der Waals surface area contributed by atoms with Crippen LogP contribution in [0.4, 0.5) is 4.79 Å². The van der Waals surface area contributed by atoms with Crippen LogP contribution in [0.15, 0.2) is 0 Å². The van der Waals surface area contributed by atoms with Crippen molar-refractivity contribution in [2.24, 2.45) is 23.7 Å². The summed E-state index contributed by atoms with van der Waals surface area (Å²) in [6.45, 7) is 10.1. The largest absolute Gasteiger partial charge is 0.444 e. The molecule has 4 saturated carbocycles. The first-order valence-corrected chi connectivity index (χ1v) is 12.1. The Balaban J connectivity index is 1.27. The average molecular weight is 420 g/mol. The van der Waals surface area contributed by atoms with E-state index in [2.05, 4.69) is 22.5 Å². The monoisotopic (exact) mass is 419 g/mol. The van der Waals surface area contributed by atoms with E-state index in [1.807, 2.05) is 20.8 Å². The topological polar surface area (TPSA) is 70.7 Å². The van der Waals surface area contributed by atoms with Gasteiger partial charge >= 0.3 is 6.09 Å². The minimum atomic E-state index is -0.480. The molecule has 4 bridgehead atoms. The number of alkyl carbamates (subject to hydrolysis) is 1. The lowest BCUT2D eigenvalue weighted by molar-refractivity contribution is -0.132. The fourth-order valence-electron chi connectivity index (χ4n) is 6.95. The van der Waals surface area contributed by atoms with Gasteiger partial charge in [-0.2, -0.15) is 0 Å². The Morgan fingerprint density at radius 1 is 1.10 bits per heavy atom. The third kappa shape index (κ3) is 5.12. The van der Waals surface area contributed by atoms with Crippen LogP contribution in [0.2, 0.25) is 0 Å². The summed E-state index contributed by atoms with van der Waals surface area (Å²) in [6.07, 6.45) is 9.55. The molecule has 170 valence electrons. The first kappa shape index (κ1) is 21.9. The van der Waals surface area contributed by atoms with Crippen LogP contribution in [0.3, 0.4) is 0 Å². The van der Waals surface area contributed by atoms with E-state index in [9.17, 15) is 9.59 Å². The summed E-state index contributed by atoms with van der Waals surface area (Å²) >= 11 is 0. The number of hydrogen-bond donors (Lipinski definition) is 2. The van der Waals surface area contributed by atoms with Gasteiger partial charge in [0.2, 0.25) is 5.91 Å². The SMILES string of the molecule is CC(C(=O)NC12CC3CC(CC(C3)C1)C2)N1CCCC(CNC(=O)OC(C)(C)C)C1. The summed E-state index contributed by atoms with van der Waals surface area (Å²) in [5.74, 6) is 3.08. The van der Waals surface area contributed by atoms with Crippen LogP contribution in [0, 0.1) is 23.7 Å². The molecular weight excluding hydrogens is 378 g/mol. The molecule has 2 amide bonds. The Labute approximate surface area is 181 Å². The zero-order valence-corrected chi connectivity index (χ0v) is 19.3. The first-order valence-electron chi connectivity index (χ1n) is 12.1. The molecule has 1 saturated heterocycles. The minimum Gasteiger partial charge on any atom is -0.444 e. The Morgan fingerprint density at radius 3 is 2.27 bits per heavy atom. The van der Waals surface area contributed by atoms with Gasteiger partial charge in [-0.1, -0.05) is 0 Å². The van der Waals surface area contributed by atoms with Gasteiger partial charge in [-0.15, -0.1) is 0 Å². The summed E-state index contributed by atoms with van der Waals surface area (Å²) < 4.78 is 5.35. The van der Waals surface area contributed by atoms with Gasteiger partial charge in [0.25, 0.3) is 0 Å². The van der Waals surface area contributed by atoms with Gasteiger partial charge in [-0.05, 0) is 109 Å². The Bertz CT molecular complexity index is 621. The van der Waals surface area contributed by atoms with E-state index in [-0.39, 0.29) is 23.6 Å². The van der Waals surface area contributed by atoms with Crippen molar-refractivity contribution in [1.82, 2.24) is 15.5 Å². The van der Waals surface area contributed by atoms with E-state index in [4.69, 9.17) is 4.74 Å². The maximum absolute atomic E-state index is 13.2. The standard InChI is InChI=1S/C24H41N3O3/c1-16(21(28)26-24-11-18-8-19(12-24)10-20(9-18)13-24)27-7-5-6-17(15-27)14-25-22(29)30-23(2,3)4/h16-20H,5-15H2,1-4H3,(H,25,29)(H,26,28). The number of hydrogen-bond acceptors (Lipinski definition) is 4. The molecule has 2 atom stereocenters. The normalized spacial score (nSPS) is 36.9. The lowest BCUT2D eigenvalue weighted by Crippen LogP contribution is -2.62. The zero-order valence-electron chi connectivity index (χ0n) is 19.3. The van der Waals surface area contributed by atoms with Crippen LogP contribution in [0.25, 0.3) is 0 Å². The van der Waals surface area contributed by atoms with Crippen LogP contribution < -0.4 is 10.6 Å². The average Bonchev–Trinajstić information content (AvgIpc) is 2.63. The fraction of sp³-hybridized carbons (Fsp3) is 0.917. The van der Waals surface area contributed by atoms with E-state index in [0.29, 0.717) is 12.5 Å². The fourth-order valence-corrected chi connectivity index (χ4v) is 6.95. The van der Waals surface area contributed by atoms with Crippen LogP contribution >= 0.6 is 0 Å². The summed E-state index contributed by atoms with van der Waals surface area (Å²) in [6, 6.07) is -0.109. The van der Waals surface area contributed by atoms with Crippen molar-refractivity contribution in [2.75, 3.05) is 19.6 Å². The third-order valence-electron chi connectivity index (χ3n) is 7.84. The van der Waals surface area contributed by atoms with Gasteiger partial charge in [0.1, 0.15) is 5.60 Å². The molecule has 0 aromatic heterocycles. The van der Waals surface area contributed by atoms with E-state index >= 15 is 0 Å². The highest BCUT2D eigenvalue weighted by atomic mass is 16.6. The molecule has 0 radical (unpaired) electrons. The molecule has 5 fully saturated rings. The van der Waals surface area contributed by atoms with Crippen molar-refractivity contribution in [3.05, 3.63) is 0 Å². The summed E-state index contributed by atoms with van der Waals surface area (Å²) in [5.41, 5.74) is -0.403. The summed E-state index contributed by atoms with van der Waals surface area (Å²) in [4.78, 5) is 27.5. The van der Waals surface area contributed by atoms with Crippen molar-refractivity contribution >= 4 is 12.0 Å². The highest BCUT2D eigenvalue weighted by Crippen LogP contribution is 2.55. The smallest absolute Gasteiger partial charge is 0.407 e. The molecular formula is C24H41N3O3. The lowest BCUT2D eigenvalue weighted by atomic mass is 9.53. The van der Waals surface area contributed by atoms with Gasteiger partial charge < -0.3 is 15.4 Å². The predicted molar refractivity (Wildman–Crippen MR) is 117 cm³/mol. The van der Waals surface area contributed by atoms with Crippen LogP contribution in [0.1, 0.15) is 79.1 Å². The van der Waals surface area contributed by atoms with E-state index in [1.165, 1.54) is 38.5 Å². The minimum absolute atomic E-state index is 0.0769. The molecule has 6 heteroatoms. The third-order valence-corrected chi connectivity index (χ3v) is 7.84. The molecule has 2 unspecified atom stereocenters. The predicted octanol–water partition coefficient (Wildman–Crippen LogP) is 3.70. The molecule has 5 aliphatic rings. The molecule has 1 aliphatic heterocycles. The number of rotatable bonds is 5. The highest BCUT2D eigenvalue weighted by Gasteiger charge is 2.51. The van der Waals surface area contributed by atoms with Gasteiger partial charge in [0, 0.05) is 18.6 Å². The van der Waals surface area contributed by atoms with Gasteiger partial charge in [-0.3, -0.25) is 9.69 Å². The molecule has 0 spiro atoms. The number of likely N-dealkylation sites (tertiary alicyclic amines) is 1. The number of amides is 2. The van der Waals surface area contributed by atoms with Gasteiger partial charge in [0.15, 0.2) is 0 Å². The maximum atomic E-state index is 13.2. The second-order valence-corrected chi connectivity index (χ2v) is 11.7. The molecule has 5 rings (SSSR count). The van der Waals surface area contributed by atoms with Crippen molar-refractivity contribution < 1.29 is 14.3 Å². The lowest BCUT2D eigenvalue weighted by Gasteiger charge is -2.57. The Morgan fingerprint density at radius 2 is 1.70 bits per heavy atom. The van der Waals surface area contributed by atoms with E-state index in [0.717, 1.165) is 43.7 Å². The number of carbonyl (C=O) groups excluding carboxylic acids is 2. The van der Waals surface area contributed by atoms with Gasteiger partial charge in [-0.25, -0.2) is 4.79 Å². The second-order valence-electron chi connectivity index (χ2n) is 11.7. The number of piperidine rings is 1. The molecule has 30 heavy (non-hydrogen) atoms. The molecule has 0 aromatic rings. The van der Waals surface area contributed by atoms with Gasteiger partial charge in [0.05, 0.1) is 6.04 Å².